The van der Waals surface area contributed by atoms with Gasteiger partial charge in [-0.25, -0.2) is 4.39 Å². The summed E-state index contributed by atoms with van der Waals surface area (Å²) >= 11 is 0. The van der Waals surface area contributed by atoms with Gasteiger partial charge in [-0.15, -0.1) is 0 Å². The van der Waals surface area contributed by atoms with Crippen LogP contribution < -0.4 is 10.6 Å². The summed E-state index contributed by atoms with van der Waals surface area (Å²) in [5, 5.41) is 5.51. The number of carbonyl (C=O) groups excluding carboxylic acids is 2. The van der Waals surface area contributed by atoms with Gasteiger partial charge in [-0.2, -0.15) is 0 Å². The molecule has 0 aliphatic carbocycles. The summed E-state index contributed by atoms with van der Waals surface area (Å²) in [5.74, 6) is -0.0942. The monoisotopic (exact) mass is 335 g/mol. The Hall–Kier alpha value is -1.95. The third kappa shape index (κ3) is 5.03. The molecule has 1 aromatic rings. The van der Waals surface area contributed by atoms with E-state index in [1.807, 2.05) is 12.1 Å². The Morgan fingerprint density at radius 1 is 1.42 bits per heavy atom. The minimum absolute atomic E-state index is 0.118. The lowest BCUT2D eigenvalue weighted by Gasteiger charge is -2.29. The molecule has 1 fully saturated rings. The van der Waals surface area contributed by atoms with Crippen molar-refractivity contribution in [3.05, 3.63) is 29.6 Å². The van der Waals surface area contributed by atoms with E-state index in [0.29, 0.717) is 12.1 Å². The van der Waals surface area contributed by atoms with E-state index in [4.69, 9.17) is 0 Å². The van der Waals surface area contributed by atoms with Crippen molar-refractivity contribution >= 4 is 17.9 Å². The first-order valence-electron chi connectivity index (χ1n) is 8.44. The Balaban J connectivity index is 1.97. The summed E-state index contributed by atoms with van der Waals surface area (Å²) in [7, 11) is 3.64. The predicted octanol–water partition coefficient (Wildman–Crippen LogP) is 2.14. The Morgan fingerprint density at radius 3 is 2.71 bits per heavy atom. The van der Waals surface area contributed by atoms with Crippen molar-refractivity contribution in [1.82, 2.24) is 10.2 Å². The molecule has 1 atom stereocenters. The van der Waals surface area contributed by atoms with E-state index in [2.05, 4.69) is 22.6 Å². The van der Waals surface area contributed by atoms with Crippen LogP contribution >= 0.6 is 0 Å². The fourth-order valence-electron chi connectivity index (χ4n) is 3.07. The summed E-state index contributed by atoms with van der Waals surface area (Å²) in [6.45, 7) is 1.97. The van der Waals surface area contributed by atoms with Gasteiger partial charge in [-0.05, 0) is 63.0 Å². The molecule has 1 aromatic carbocycles. The Morgan fingerprint density at radius 2 is 2.12 bits per heavy atom. The molecule has 5 nitrogen and oxygen atoms in total. The predicted molar refractivity (Wildman–Crippen MR) is 92.6 cm³/mol. The zero-order valence-corrected chi connectivity index (χ0v) is 14.3. The van der Waals surface area contributed by atoms with Crippen LogP contribution in [0.25, 0.3) is 0 Å². The zero-order chi connectivity index (χ0) is 17.5. The number of aldehydes is 1. The second-order valence-corrected chi connectivity index (χ2v) is 6.41. The highest BCUT2D eigenvalue weighted by atomic mass is 19.1. The second kappa shape index (κ2) is 8.78. The number of nitrogens with zero attached hydrogens (tertiary/aromatic N) is 1. The second-order valence-electron chi connectivity index (χ2n) is 6.41. The number of piperidine rings is 1. The number of likely N-dealkylation sites (tertiary alicyclic amines) is 1. The van der Waals surface area contributed by atoms with E-state index < -0.39 is 6.04 Å². The summed E-state index contributed by atoms with van der Waals surface area (Å²) in [6, 6.07) is 4.57. The fraction of sp³-hybridized carbons (Fsp3) is 0.556. The standard InChI is InChI=1S/C18H26FN3O2/c1-20-18(24)6-4-15(12-23)21-14-3-5-16(17(19)11-14)13-7-9-22(2)10-8-13/h3,5,11-13,15,21H,4,6-10H2,1-2H3,(H,20,24). The molecule has 1 aliphatic rings. The lowest BCUT2D eigenvalue weighted by atomic mass is 9.89. The van der Waals surface area contributed by atoms with E-state index in [1.165, 1.54) is 6.07 Å². The van der Waals surface area contributed by atoms with Gasteiger partial charge in [-0.3, -0.25) is 4.79 Å². The maximum Gasteiger partial charge on any atom is 0.219 e. The van der Waals surface area contributed by atoms with Gasteiger partial charge in [0.1, 0.15) is 12.1 Å². The molecule has 0 spiro atoms. The third-order valence-corrected chi connectivity index (χ3v) is 4.64. The summed E-state index contributed by atoms with van der Waals surface area (Å²) in [6.07, 6.45) is 3.31. The molecule has 1 saturated heterocycles. The van der Waals surface area contributed by atoms with Gasteiger partial charge in [0.25, 0.3) is 0 Å². The van der Waals surface area contributed by atoms with Gasteiger partial charge in [0, 0.05) is 19.2 Å². The van der Waals surface area contributed by atoms with E-state index >= 15 is 0 Å². The first-order chi connectivity index (χ1) is 11.5. The molecule has 1 amide bonds. The van der Waals surface area contributed by atoms with Gasteiger partial charge in [0.15, 0.2) is 0 Å². The van der Waals surface area contributed by atoms with Crippen molar-refractivity contribution in [2.75, 3.05) is 32.5 Å². The van der Waals surface area contributed by atoms with E-state index in [-0.39, 0.29) is 24.1 Å². The van der Waals surface area contributed by atoms with Crippen LogP contribution in [0.1, 0.15) is 37.2 Å². The Labute approximate surface area is 142 Å². The molecule has 2 rings (SSSR count). The van der Waals surface area contributed by atoms with Gasteiger partial charge in [0.05, 0.1) is 6.04 Å². The third-order valence-electron chi connectivity index (χ3n) is 4.64. The molecule has 1 aliphatic heterocycles. The van der Waals surface area contributed by atoms with Crippen molar-refractivity contribution in [3.8, 4) is 0 Å². The molecule has 0 bridgehead atoms. The molecule has 1 heterocycles. The largest absolute Gasteiger partial charge is 0.375 e. The molecule has 2 N–H and O–H groups in total. The number of halogens is 1. The molecule has 0 radical (unpaired) electrons. The van der Waals surface area contributed by atoms with Gasteiger partial charge in [0.2, 0.25) is 5.91 Å². The van der Waals surface area contributed by atoms with Crippen molar-refractivity contribution in [2.45, 2.75) is 37.6 Å². The summed E-state index contributed by atoms with van der Waals surface area (Å²) in [4.78, 5) is 24.7. The van der Waals surface area contributed by atoms with E-state index in [0.717, 1.165) is 37.8 Å². The maximum absolute atomic E-state index is 14.4. The van der Waals surface area contributed by atoms with Gasteiger partial charge < -0.3 is 20.3 Å². The lowest BCUT2D eigenvalue weighted by molar-refractivity contribution is -0.120. The molecular weight excluding hydrogens is 309 g/mol. The smallest absolute Gasteiger partial charge is 0.219 e. The van der Waals surface area contributed by atoms with Crippen LogP contribution in [-0.4, -0.2) is 50.3 Å². The number of benzene rings is 1. The highest BCUT2D eigenvalue weighted by molar-refractivity contribution is 5.76. The summed E-state index contributed by atoms with van der Waals surface area (Å²) in [5.41, 5.74) is 1.32. The summed E-state index contributed by atoms with van der Waals surface area (Å²) < 4.78 is 14.4. The number of nitrogens with one attached hydrogen (secondary N) is 2. The number of amides is 1. The molecule has 6 heteroatoms. The van der Waals surface area contributed by atoms with Gasteiger partial charge in [-0.1, -0.05) is 6.07 Å². The quantitative estimate of drug-likeness (QED) is 0.750. The number of hydrogen-bond acceptors (Lipinski definition) is 4. The molecule has 1 unspecified atom stereocenters. The van der Waals surface area contributed by atoms with Crippen LogP contribution in [0.3, 0.4) is 0 Å². The minimum atomic E-state index is -0.504. The van der Waals surface area contributed by atoms with Crippen molar-refractivity contribution in [3.63, 3.8) is 0 Å². The van der Waals surface area contributed by atoms with Crippen LogP contribution in [0.15, 0.2) is 18.2 Å². The SMILES string of the molecule is CNC(=O)CCC(C=O)Nc1ccc(C2CCN(C)CC2)c(F)c1. The lowest BCUT2D eigenvalue weighted by Crippen LogP contribution is -2.29. The number of rotatable bonds is 7. The van der Waals surface area contributed by atoms with Crippen LogP contribution in [0.5, 0.6) is 0 Å². The van der Waals surface area contributed by atoms with Crippen LogP contribution in [0.2, 0.25) is 0 Å². The Bertz CT molecular complexity index is 571. The zero-order valence-electron chi connectivity index (χ0n) is 14.3. The highest BCUT2D eigenvalue weighted by Gasteiger charge is 2.21. The number of hydrogen-bond donors (Lipinski definition) is 2. The average molecular weight is 335 g/mol. The normalized spacial score (nSPS) is 17.3. The van der Waals surface area contributed by atoms with Crippen LogP contribution in [-0.2, 0) is 9.59 Å². The van der Waals surface area contributed by atoms with E-state index in [9.17, 15) is 14.0 Å². The Kier molecular flexibility index (Phi) is 6.73. The van der Waals surface area contributed by atoms with Crippen molar-refractivity contribution in [2.24, 2.45) is 0 Å². The molecule has 0 saturated carbocycles. The first kappa shape index (κ1) is 18.4. The van der Waals surface area contributed by atoms with Crippen molar-refractivity contribution < 1.29 is 14.0 Å². The van der Waals surface area contributed by atoms with Crippen LogP contribution in [0.4, 0.5) is 10.1 Å². The molecule has 0 aromatic heterocycles. The van der Waals surface area contributed by atoms with Gasteiger partial charge >= 0.3 is 0 Å². The maximum atomic E-state index is 14.4. The highest BCUT2D eigenvalue weighted by Crippen LogP contribution is 2.30. The van der Waals surface area contributed by atoms with E-state index in [1.54, 1.807) is 7.05 Å². The number of anilines is 1. The molecule has 24 heavy (non-hydrogen) atoms. The minimum Gasteiger partial charge on any atom is -0.375 e. The topological polar surface area (TPSA) is 61.4 Å². The number of carbonyl (C=O) groups is 2. The average Bonchev–Trinajstić information content (AvgIpc) is 2.59. The fourth-order valence-corrected chi connectivity index (χ4v) is 3.07. The van der Waals surface area contributed by atoms with Crippen molar-refractivity contribution in [1.29, 1.82) is 0 Å². The molecule has 132 valence electrons. The first-order valence-corrected chi connectivity index (χ1v) is 8.44. The molecular formula is C18H26FN3O2. The van der Waals surface area contributed by atoms with Crippen LogP contribution in [0, 0.1) is 5.82 Å².